The van der Waals surface area contributed by atoms with E-state index in [1.165, 1.54) is 17.3 Å². The second kappa shape index (κ2) is 8.15. The molecule has 0 aliphatic carbocycles. The van der Waals surface area contributed by atoms with Gasteiger partial charge in [-0.25, -0.2) is 9.97 Å². The van der Waals surface area contributed by atoms with E-state index in [0.717, 1.165) is 19.5 Å². The van der Waals surface area contributed by atoms with Crippen molar-refractivity contribution < 1.29 is 36.2 Å². The third-order valence-electron chi connectivity index (χ3n) is 3.97. The van der Waals surface area contributed by atoms with Gasteiger partial charge in [0.1, 0.15) is 24.0 Å². The van der Waals surface area contributed by atoms with Gasteiger partial charge in [-0.15, -0.1) is 13.2 Å². The molecule has 3 heterocycles. The quantitative estimate of drug-likeness (QED) is 0.749. The topological polar surface area (TPSA) is 81.6 Å². The lowest BCUT2D eigenvalue weighted by Gasteiger charge is -2.42. The van der Waals surface area contributed by atoms with Gasteiger partial charge in [0.2, 0.25) is 5.91 Å². The highest BCUT2D eigenvalue weighted by atomic mass is 19.4. The van der Waals surface area contributed by atoms with Gasteiger partial charge in [-0.05, 0) is 12.8 Å². The minimum Gasteiger partial charge on any atom is -0.361 e. The summed E-state index contributed by atoms with van der Waals surface area (Å²) >= 11 is 0. The molecule has 0 radical (unpaired) electrons. The summed E-state index contributed by atoms with van der Waals surface area (Å²) in [5.41, 5.74) is 0. The van der Waals surface area contributed by atoms with Crippen LogP contribution in [-0.2, 0) is 4.79 Å². The number of halogens is 6. The molecule has 27 heavy (non-hydrogen) atoms. The molecule has 2 aliphatic rings. The summed E-state index contributed by atoms with van der Waals surface area (Å²) in [5, 5.41) is 9.36. The molecular weight excluding hydrogens is 384 g/mol. The monoisotopic (exact) mass is 401 g/mol. The number of aliphatic hydroxyl groups is 1. The van der Waals surface area contributed by atoms with Crippen molar-refractivity contribution in [2.24, 2.45) is 0 Å². The van der Waals surface area contributed by atoms with Gasteiger partial charge in [-0.3, -0.25) is 4.79 Å². The highest BCUT2D eigenvalue weighted by Crippen LogP contribution is 2.36. The van der Waals surface area contributed by atoms with Crippen LogP contribution in [0.25, 0.3) is 0 Å². The normalized spacial score (nSPS) is 19.4. The zero-order valence-electron chi connectivity index (χ0n) is 13.9. The van der Waals surface area contributed by atoms with E-state index in [2.05, 4.69) is 15.3 Å². The predicted molar refractivity (Wildman–Crippen MR) is 81.8 cm³/mol. The van der Waals surface area contributed by atoms with E-state index in [1.807, 2.05) is 0 Å². The Bertz CT molecular complexity index is 644. The van der Waals surface area contributed by atoms with Crippen LogP contribution in [0.4, 0.5) is 38.0 Å². The molecule has 13 heteroatoms. The number of carbonyl (C=O) groups excluding carboxylic acids is 1. The average molecular weight is 401 g/mol. The summed E-state index contributed by atoms with van der Waals surface area (Å²) in [6.45, 7) is 1.92. The van der Waals surface area contributed by atoms with Crippen LogP contribution < -0.4 is 10.2 Å². The van der Waals surface area contributed by atoms with Gasteiger partial charge in [0.25, 0.3) is 0 Å². The number of nitrogens with zero attached hydrogens (tertiary/aromatic N) is 4. The number of carbonyl (C=O) groups is 1. The lowest BCUT2D eigenvalue weighted by molar-refractivity contribution is -0.295. The highest BCUT2D eigenvalue weighted by Gasteiger charge is 2.49. The van der Waals surface area contributed by atoms with Crippen LogP contribution in [0.15, 0.2) is 12.4 Å². The van der Waals surface area contributed by atoms with Crippen LogP contribution >= 0.6 is 0 Å². The Morgan fingerprint density at radius 2 is 1.81 bits per heavy atom. The summed E-state index contributed by atoms with van der Waals surface area (Å²) in [7, 11) is 0. The number of aromatic nitrogens is 2. The van der Waals surface area contributed by atoms with Crippen molar-refractivity contribution in [3.8, 4) is 0 Å². The summed E-state index contributed by atoms with van der Waals surface area (Å²) < 4.78 is 68.1. The third-order valence-corrected chi connectivity index (χ3v) is 3.97. The summed E-state index contributed by atoms with van der Waals surface area (Å²) in [6, 6.07) is -0.0423. The maximum Gasteiger partial charge on any atom is 0.519 e. The number of likely N-dealkylation sites (tertiary alicyclic amines) is 1. The molecule has 2 fully saturated rings. The van der Waals surface area contributed by atoms with Crippen molar-refractivity contribution >= 4 is 17.5 Å². The number of anilines is 2. The lowest BCUT2D eigenvalue weighted by atomic mass is 10.0. The molecule has 0 aromatic carbocycles. The van der Waals surface area contributed by atoms with Gasteiger partial charge < -0.3 is 20.2 Å². The van der Waals surface area contributed by atoms with E-state index in [-0.39, 0.29) is 24.7 Å². The van der Waals surface area contributed by atoms with Gasteiger partial charge in [-0.2, -0.15) is 13.2 Å². The first kappa shape index (κ1) is 21.0. The third kappa shape index (κ3) is 6.41. The van der Waals surface area contributed by atoms with E-state index >= 15 is 0 Å². The molecule has 2 aliphatic heterocycles. The van der Waals surface area contributed by atoms with Crippen molar-refractivity contribution in [1.29, 1.82) is 0 Å². The van der Waals surface area contributed by atoms with E-state index in [9.17, 15) is 31.1 Å². The Balaban J connectivity index is 0.000000465. The molecule has 3 rings (SSSR count). The van der Waals surface area contributed by atoms with Crippen LogP contribution in [0.5, 0.6) is 0 Å². The molecule has 7 nitrogen and oxygen atoms in total. The maximum atomic E-state index is 12.8. The summed E-state index contributed by atoms with van der Waals surface area (Å²) in [6.07, 6.45) is -6.97. The van der Waals surface area contributed by atoms with Crippen LogP contribution in [-0.4, -0.2) is 70.6 Å². The molecule has 1 aromatic heterocycles. The molecule has 0 spiro atoms. The molecule has 1 aromatic rings. The molecule has 0 bridgehead atoms. The first-order valence-electron chi connectivity index (χ1n) is 7.91. The zero-order valence-corrected chi connectivity index (χ0v) is 13.9. The fourth-order valence-electron chi connectivity index (χ4n) is 2.45. The van der Waals surface area contributed by atoms with Crippen molar-refractivity contribution in [1.82, 2.24) is 14.9 Å². The maximum absolute atomic E-state index is 12.8. The molecule has 1 atom stereocenters. The molecule has 0 saturated carbocycles. The average Bonchev–Trinajstić information content (AvgIpc) is 2.38. The fraction of sp³-hybridized carbons (Fsp3) is 0.643. The Kier molecular flexibility index (Phi) is 6.34. The van der Waals surface area contributed by atoms with E-state index in [4.69, 9.17) is 5.11 Å². The van der Waals surface area contributed by atoms with Crippen LogP contribution in [0, 0.1) is 0 Å². The molecule has 1 unspecified atom stereocenters. The Labute approximate surface area is 150 Å². The second-order valence-electron chi connectivity index (χ2n) is 5.86. The van der Waals surface area contributed by atoms with Crippen LogP contribution in [0.3, 0.4) is 0 Å². The SMILES string of the molecule is O=C(CNc1cc(N2CCC2C(F)(F)F)ncn1)N1CCC1.OC(F)(F)F. The number of hydrogen-bond donors (Lipinski definition) is 2. The van der Waals surface area contributed by atoms with Crippen LogP contribution in [0.2, 0.25) is 0 Å². The first-order valence-corrected chi connectivity index (χ1v) is 7.91. The van der Waals surface area contributed by atoms with Crippen molar-refractivity contribution in [3.05, 3.63) is 12.4 Å². The van der Waals surface area contributed by atoms with E-state index in [0.29, 0.717) is 12.4 Å². The lowest BCUT2D eigenvalue weighted by Crippen LogP contribution is -2.56. The Morgan fingerprint density at radius 1 is 1.19 bits per heavy atom. The number of nitrogens with one attached hydrogen (secondary N) is 1. The summed E-state index contributed by atoms with van der Waals surface area (Å²) in [5.74, 6) is 0.540. The van der Waals surface area contributed by atoms with Gasteiger partial charge in [0.15, 0.2) is 0 Å². The smallest absolute Gasteiger partial charge is 0.361 e. The van der Waals surface area contributed by atoms with Gasteiger partial charge >= 0.3 is 12.5 Å². The Hall–Kier alpha value is -2.31. The van der Waals surface area contributed by atoms with Crippen molar-refractivity contribution in [3.63, 3.8) is 0 Å². The highest BCUT2D eigenvalue weighted by molar-refractivity contribution is 5.81. The number of hydrogen-bond acceptors (Lipinski definition) is 6. The van der Waals surface area contributed by atoms with E-state index in [1.54, 1.807) is 4.90 Å². The van der Waals surface area contributed by atoms with Gasteiger partial charge in [0, 0.05) is 25.7 Å². The molecule has 1 amide bonds. The minimum atomic E-state index is -5.00. The van der Waals surface area contributed by atoms with Gasteiger partial charge in [0.05, 0.1) is 6.54 Å². The van der Waals surface area contributed by atoms with Crippen molar-refractivity contribution in [2.45, 2.75) is 31.4 Å². The van der Waals surface area contributed by atoms with Gasteiger partial charge in [-0.1, -0.05) is 0 Å². The fourth-order valence-corrected chi connectivity index (χ4v) is 2.45. The predicted octanol–water partition coefficient (Wildman–Crippen LogP) is 1.76. The standard InChI is InChI=1S/C13H16F3N5O.CHF3O/c14-13(15,16)9-2-5-21(9)11-6-10(18-8-19-11)17-7-12(22)20-3-1-4-20;2-1(3,4)5/h6,8-9H,1-5,7H2,(H,17,18,19);5H. The van der Waals surface area contributed by atoms with Crippen molar-refractivity contribution in [2.75, 3.05) is 36.4 Å². The molecule has 2 saturated heterocycles. The Morgan fingerprint density at radius 3 is 2.26 bits per heavy atom. The largest absolute Gasteiger partial charge is 0.519 e. The first-order chi connectivity index (χ1) is 12.4. The van der Waals surface area contributed by atoms with Crippen LogP contribution in [0.1, 0.15) is 12.8 Å². The second-order valence-corrected chi connectivity index (χ2v) is 5.86. The molecular formula is C14H17F6N5O2. The molecule has 152 valence electrons. The van der Waals surface area contributed by atoms with E-state index < -0.39 is 18.6 Å². The number of rotatable bonds is 4. The zero-order chi connectivity index (χ0) is 20.2. The number of amides is 1. The summed E-state index contributed by atoms with van der Waals surface area (Å²) in [4.78, 5) is 22.5. The molecule has 2 N–H and O–H groups in total. The minimum absolute atomic E-state index is 0.0384. The number of alkyl halides is 6.